The van der Waals surface area contributed by atoms with Crippen molar-refractivity contribution in [1.82, 2.24) is 0 Å². The molecule has 0 unspecified atom stereocenters. The lowest BCUT2D eigenvalue weighted by atomic mass is 10.0. The van der Waals surface area contributed by atoms with E-state index in [9.17, 15) is 10.2 Å². The fourth-order valence-electron chi connectivity index (χ4n) is 2.34. The summed E-state index contributed by atoms with van der Waals surface area (Å²) in [5.41, 5.74) is 0. The van der Waals surface area contributed by atoms with E-state index >= 15 is 0 Å². The van der Waals surface area contributed by atoms with E-state index in [0.717, 1.165) is 0 Å². The SMILES string of the molecule is C[C@@H]1O[C@H](O)[C@@H](O)[C@H](O[Si](C)(C)C(C)(C)C)[C@@H]1O[Si](C)(C)C(C)(C)C. The van der Waals surface area contributed by atoms with Crippen molar-refractivity contribution in [1.29, 1.82) is 0 Å². The molecule has 5 nitrogen and oxygen atoms in total. The number of aliphatic hydroxyl groups excluding tert-OH is 2. The van der Waals surface area contributed by atoms with Gasteiger partial charge in [0.05, 0.1) is 12.2 Å². The molecule has 0 aliphatic carbocycles. The maximum atomic E-state index is 10.6. The molecule has 2 N–H and O–H groups in total. The molecule has 1 heterocycles. The normalized spacial score (nSPS) is 32.8. The van der Waals surface area contributed by atoms with Gasteiger partial charge < -0.3 is 23.8 Å². The third-order valence-corrected chi connectivity index (χ3v) is 15.2. The van der Waals surface area contributed by atoms with Crippen molar-refractivity contribution in [3.8, 4) is 0 Å². The Hall–Kier alpha value is 0.234. The number of hydrogen-bond donors (Lipinski definition) is 2. The van der Waals surface area contributed by atoms with Crippen molar-refractivity contribution in [3.05, 3.63) is 0 Å². The Balaban J connectivity index is 3.17. The first-order chi connectivity index (χ1) is 10.9. The van der Waals surface area contributed by atoms with Crippen LogP contribution in [0.3, 0.4) is 0 Å². The summed E-state index contributed by atoms with van der Waals surface area (Å²) >= 11 is 0. The molecule has 1 saturated heterocycles. The van der Waals surface area contributed by atoms with Gasteiger partial charge in [0.2, 0.25) is 0 Å². The molecular weight excluding hydrogens is 352 g/mol. The largest absolute Gasteiger partial charge is 0.409 e. The minimum absolute atomic E-state index is 0.000732. The Bertz CT molecular complexity index is 453. The summed E-state index contributed by atoms with van der Waals surface area (Å²) in [4.78, 5) is 0. The van der Waals surface area contributed by atoms with Crippen molar-refractivity contribution in [3.63, 3.8) is 0 Å². The molecule has 1 aliphatic heterocycles. The zero-order chi connectivity index (χ0) is 20.0. The first-order valence-corrected chi connectivity index (χ1v) is 15.1. The fourth-order valence-corrected chi connectivity index (χ4v) is 5.00. The van der Waals surface area contributed by atoms with E-state index in [1.54, 1.807) is 0 Å². The van der Waals surface area contributed by atoms with Gasteiger partial charge in [-0.05, 0) is 43.2 Å². The molecule has 0 bridgehead atoms. The molecule has 1 fully saturated rings. The quantitative estimate of drug-likeness (QED) is 0.711. The van der Waals surface area contributed by atoms with Crippen LogP contribution in [0, 0.1) is 0 Å². The van der Waals surface area contributed by atoms with Gasteiger partial charge in [-0.2, -0.15) is 0 Å². The van der Waals surface area contributed by atoms with Crippen LogP contribution in [-0.2, 0) is 13.6 Å². The van der Waals surface area contributed by atoms with Gasteiger partial charge in [-0.3, -0.25) is 0 Å². The van der Waals surface area contributed by atoms with Crippen LogP contribution in [0.1, 0.15) is 48.5 Å². The summed E-state index contributed by atoms with van der Waals surface area (Å²) in [5.74, 6) is 0. The predicted octanol–water partition coefficient (Wildman–Crippen LogP) is 3.87. The highest BCUT2D eigenvalue weighted by atomic mass is 28.4. The van der Waals surface area contributed by atoms with Crippen molar-refractivity contribution in [2.24, 2.45) is 0 Å². The van der Waals surface area contributed by atoms with Crippen LogP contribution < -0.4 is 0 Å². The highest BCUT2D eigenvalue weighted by Crippen LogP contribution is 2.42. The van der Waals surface area contributed by atoms with Crippen LogP contribution in [-0.4, -0.2) is 57.6 Å². The van der Waals surface area contributed by atoms with Crippen molar-refractivity contribution in [2.75, 3.05) is 0 Å². The lowest BCUT2D eigenvalue weighted by Gasteiger charge is -2.50. The third-order valence-electron chi connectivity index (χ3n) is 6.24. The van der Waals surface area contributed by atoms with Crippen LogP contribution >= 0.6 is 0 Å². The molecule has 0 aromatic heterocycles. The molecule has 25 heavy (non-hydrogen) atoms. The highest BCUT2D eigenvalue weighted by Gasteiger charge is 2.52. The summed E-state index contributed by atoms with van der Waals surface area (Å²) in [7, 11) is -4.23. The van der Waals surface area contributed by atoms with Gasteiger partial charge in [0.25, 0.3) is 0 Å². The van der Waals surface area contributed by atoms with E-state index in [2.05, 4.69) is 67.7 Å². The Morgan fingerprint density at radius 1 is 0.760 bits per heavy atom. The average Bonchev–Trinajstić information content (AvgIpc) is 2.37. The minimum Gasteiger partial charge on any atom is -0.409 e. The van der Waals surface area contributed by atoms with Crippen LogP contribution in [0.25, 0.3) is 0 Å². The number of rotatable bonds is 4. The van der Waals surface area contributed by atoms with Crippen molar-refractivity contribution < 1.29 is 23.8 Å². The molecule has 0 radical (unpaired) electrons. The lowest BCUT2D eigenvalue weighted by Crippen LogP contribution is -2.64. The van der Waals surface area contributed by atoms with Crippen molar-refractivity contribution >= 4 is 16.6 Å². The lowest BCUT2D eigenvalue weighted by molar-refractivity contribution is -0.271. The van der Waals surface area contributed by atoms with E-state index in [0.29, 0.717) is 0 Å². The van der Waals surface area contributed by atoms with Gasteiger partial charge in [-0.15, -0.1) is 0 Å². The second-order valence-corrected chi connectivity index (χ2v) is 19.9. The maximum Gasteiger partial charge on any atom is 0.192 e. The predicted molar refractivity (Wildman–Crippen MR) is 107 cm³/mol. The first kappa shape index (κ1) is 23.3. The number of aliphatic hydroxyl groups is 2. The Morgan fingerprint density at radius 3 is 1.48 bits per heavy atom. The van der Waals surface area contributed by atoms with Crippen LogP contribution in [0.5, 0.6) is 0 Å². The molecule has 7 heteroatoms. The monoisotopic (exact) mass is 392 g/mol. The molecule has 1 rings (SSSR count). The van der Waals surface area contributed by atoms with Gasteiger partial charge in [0, 0.05) is 0 Å². The summed E-state index contributed by atoms with van der Waals surface area (Å²) < 4.78 is 18.6. The summed E-state index contributed by atoms with van der Waals surface area (Å²) in [6.45, 7) is 23.6. The molecule has 5 atom stereocenters. The van der Waals surface area contributed by atoms with E-state index in [4.69, 9.17) is 13.6 Å². The molecule has 0 amide bonds. The molecule has 0 aromatic rings. The van der Waals surface area contributed by atoms with Gasteiger partial charge in [-0.25, -0.2) is 0 Å². The summed E-state index contributed by atoms with van der Waals surface area (Å²) in [6, 6.07) is 0. The van der Waals surface area contributed by atoms with Gasteiger partial charge in [0.1, 0.15) is 12.2 Å². The Kier molecular flexibility index (Phi) is 6.83. The zero-order valence-electron chi connectivity index (χ0n) is 18.0. The number of ether oxygens (including phenoxy) is 1. The van der Waals surface area contributed by atoms with Crippen LogP contribution in [0.4, 0.5) is 0 Å². The molecule has 150 valence electrons. The smallest absolute Gasteiger partial charge is 0.192 e. The fraction of sp³-hybridized carbons (Fsp3) is 1.00. The summed E-state index contributed by atoms with van der Waals surface area (Å²) in [5, 5.41) is 20.8. The maximum absolute atomic E-state index is 10.6. The second-order valence-electron chi connectivity index (χ2n) is 10.4. The van der Waals surface area contributed by atoms with Crippen molar-refractivity contribution in [2.45, 2.75) is 115 Å². The second kappa shape index (κ2) is 7.33. The molecule has 1 aliphatic rings. The minimum atomic E-state index is -2.15. The van der Waals surface area contributed by atoms with Crippen LogP contribution in [0.2, 0.25) is 36.3 Å². The molecular formula is C18H40O5Si2. The summed E-state index contributed by atoms with van der Waals surface area (Å²) in [6.07, 6.45) is -3.69. The van der Waals surface area contributed by atoms with E-state index < -0.39 is 41.2 Å². The molecule has 0 aromatic carbocycles. The topological polar surface area (TPSA) is 68.2 Å². The Morgan fingerprint density at radius 2 is 1.12 bits per heavy atom. The van der Waals surface area contributed by atoms with E-state index in [1.165, 1.54) is 0 Å². The van der Waals surface area contributed by atoms with Crippen LogP contribution in [0.15, 0.2) is 0 Å². The number of hydrogen-bond acceptors (Lipinski definition) is 5. The van der Waals surface area contributed by atoms with E-state index in [-0.39, 0.29) is 16.2 Å². The van der Waals surface area contributed by atoms with Gasteiger partial charge in [-0.1, -0.05) is 41.5 Å². The molecule has 0 spiro atoms. The Labute approximate surface area is 156 Å². The average molecular weight is 393 g/mol. The zero-order valence-corrected chi connectivity index (χ0v) is 20.0. The first-order valence-electron chi connectivity index (χ1n) is 9.28. The van der Waals surface area contributed by atoms with Gasteiger partial charge in [0.15, 0.2) is 22.9 Å². The third kappa shape index (κ3) is 5.15. The highest BCUT2D eigenvalue weighted by molar-refractivity contribution is 6.74. The van der Waals surface area contributed by atoms with E-state index in [1.807, 2.05) is 6.92 Å². The van der Waals surface area contributed by atoms with Gasteiger partial charge >= 0.3 is 0 Å². The molecule has 0 saturated carbocycles. The standard InChI is InChI=1S/C18H40O5Si2/c1-12-14(22-24(8,9)17(2,3)4)15(13(19)16(20)21-12)23-25(10,11)18(5,6)7/h12-16,19-20H,1-11H3/t12-,13-,14+,15-,16-/m0/s1.